The third-order valence-electron chi connectivity index (χ3n) is 3.25. The molecule has 1 aliphatic rings. The minimum absolute atomic E-state index is 0.153. The Hall–Kier alpha value is -1.35. The van der Waals surface area contributed by atoms with Crippen molar-refractivity contribution in [2.24, 2.45) is 0 Å². The fraction of sp³-hybridized carbons (Fsp3) is 0.500. The Morgan fingerprint density at radius 3 is 2.94 bits per heavy atom. The Balaban J connectivity index is 1.91. The molecule has 0 aliphatic heterocycles. The van der Waals surface area contributed by atoms with Crippen molar-refractivity contribution in [3.8, 4) is 0 Å². The molecule has 0 bridgehead atoms. The molecule has 92 valence electrons. The molecular formula is C14H20N2O. The number of amides is 1. The van der Waals surface area contributed by atoms with Crippen molar-refractivity contribution >= 4 is 5.91 Å². The molecule has 3 heteroatoms. The van der Waals surface area contributed by atoms with Crippen molar-refractivity contribution in [1.82, 2.24) is 10.2 Å². The maximum absolute atomic E-state index is 11.8. The number of nitrogens with one attached hydrogen (secondary N) is 1. The van der Waals surface area contributed by atoms with Crippen molar-refractivity contribution in [3.05, 3.63) is 35.4 Å². The van der Waals surface area contributed by atoms with Crippen LogP contribution >= 0.6 is 0 Å². The molecule has 1 aromatic rings. The van der Waals surface area contributed by atoms with Crippen LogP contribution in [0, 0.1) is 0 Å². The summed E-state index contributed by atoms with van der Waals surface area (Å²) in [7, 11) is 3.97. The largest absolute Gasteiger partial charge is 0.349 e. The highest BCUT2D eigenvalue weighted by atomic mass is 16.1. The van der Waals surface area contributed by atoms with Crippen LogP contribution in [0.15, 0.2) is 24.3 Å². The topological polar surface area (TPSA) is 32.3 Å². The number of hydrogen-bond donors (Lipinski definition) is 1. The van der Waals surface area contributed by atoms with Crippen molar-refractivity contribution in [2.75, 3.05) is 20.6 Å². The molecule has 1 unspecified atom stereocenters. The monoisotopic (exact) mass is 232 g/mol. The SMILES string of the molecule is CN(C)CCC(=O)NC1CCc2ccccc21. The number of nitrogens with zero attached hydrogens (tertiary/aromatic N) is 1. The molecular weight excluding hydrogens is 212 g/mol. The molecule has 1 amide bonds. The minimum Gasteiger partial charge on any atom is -0.349 e. The smallest absolute Gasteiger partial charge is 0.221 e. The highest BCUT2D eigenvalue weighted by Crippen LogP contribution is 2.30. The van der Waals surface area contributed by atoms with E-state index in [4.69, 9.17) is 0 Å². The fourth-order valence-corrected chi connectivity index (χ4v) is 2.30. The summed E-state index contributed by atoms with van der Waals surface area (Å²) in [6, 6.07) is 8.61. The summed E-state index contributed by atoms with van der Waals surface area (Å²) in [4.78, 5) is 13.8. The van der Waals surface area contributed by atoms with Gasteiger partial charge in [-0.05, 0) is 38.1 Å². The molecule has 1 atom stereocenters. The summed E-state index contributed by atoms with van der Waals surface area (Å²) in [5.41, 5.74) is 2.68. The summed E-state index contributed by atoms with van der Waals surface area (Å²) in [6.07, 6.45) is 2.69. The standard InChI is InChI=1S/C14H20N2O/c1-16(2)10-9-14(17)15-13-8-7-11-5-3-4-6-12(11)13/h3-6,13H,7-10H2,1-2H3,(H,15,17). The van der Waals surface area contributed by atoms with Crippen molar-refractivity contribution in [1.29, 1.82) is 0 Å². The van der Waals surface area contributed by atoms with E-state index in [1.165, 1.54) is 11.1 Å². The van der Waals surface area contributed by atoms with E-state index in [9.17, 15) is 4.79 Å². The summed E-state index contributed by atoms with van der Waals surface area (Å²) in [5.74, 6) is 0.153. The molecule has 1 N–H and O–H groups in total. The van der Waals surface area contributed by atoms with E-state index in [2.05, 4.69) is 23.5 Å². The zero-order valence-corrected chi connectivity index (χ0v) is 10.6. The first-order chi connectivity index (χ1) is 8.16. The van der Waals surface area contributed by atoms with E-state index < -0.39 is 0 Å². The lowest BCUT2D eigenvalue weighted by atomic mass is 10.1. The first-order valence-electron chi connectivity index (χ1n) is 6.18. The zero-order valence-electron chi connectivity index (χ0n) is 10.6. The van der Waals surface area contributed by atoms with Crippen molar-refractivity contribution in [3.63, 3.8) is 0 Å². The Kier molecular flexibility index (Phi) is 3.79. The molecule has 0 heterocycles. The molecule has 0 saturated heterocycles. The number of rotatable bonds is 4. The predicted octanol–water partition coefficient (Wildman–Crippen LogP) is 1.74. The first kappa shape index (κ1) is 12.1. The van der Waals surface area contributed by atoms with Crippen LogP contribution < -0.4 is 5.32 Å². The van der Waals surface area contributed by atoms with Crippen LogP contribution in [0.2, 0.25) is 0 Å². The lowest BCUT2D eigenvalue weighted by molar-refractivity contribution is -0.122. The predicted molar refractivity (Wildman–Crippen MR) is 68.8 cm³/mol. The summed E-state index contributed by atoms with van der Waals surface area (Å²) in [6.45, 7) is 0.806. The molecule has 1 aliphatic carbocycles. The van der Waals surface area contributed by atoms with Gasteiger partial charge in [0.1, 0.15) is 0 Å². The highest BCUT2D eigenvalue weighted by Gasteiger charge is 2.22. The van der Waals surface area contributed by atoms with Crippen LogP contribution in [-0.2, 0) is 11.2 Å². The van der Waals surface area contributed by atoms with E-state index in [-0.39, 0.29) is 11.9 Å². The molecule has 2 rings (SSSR count). The average molecular weight is 232 g/mol. The van der Waals surface area contributed by atoms with Gasteiger partial charge in [0.05, 0.1) is 6.04 Å². The van der Waals surface area contributed by atoms with Gasteiger partial charge in [-0.2, -0.15) is 0 Å². The second-order valence-electron chi connectivity index (χ2n) is 4.91. The molecule has 0 radical (unpaired) electrons. The van der Waals surface area contributed by atoms with Gasteiger partial charge in [-0.15, -0.1) is 0 Å². The molecule has 0 fully saturated rings. The van der Waals surface area contributed by atoms with E-state index in [1.54, 1.807) is 0 Å². The van der Waals surface area contributed by atoms with Gasteiger partial charge in [0, 0.05) is 13.0 Å². The number of aryl methyl sites for hydroxylation is 1. The maximum Gasteiger partial charge on any atom is 0.221 e. The van der Waals surface area contributed by atoms with Crippen LogP contribution in [0.3, 0.4) is 0 Å². The Morgan fingerprint density at radius 2 is 2.18 bits per heavy atom. The van der Waals surface area contributed by atoms with Gasteiger partial charge in [0.25, 0.3) is 0 Å². The maximum atomic E-state index is 11.8. The lowest BCUT2D eigenvalue weighted by Gasteiger charge is -2.15. The van der Waals surface area contributed by atoms with Gasteiger partial charge in [-0.25, -0.2) is 0 Å². The third kappa shape index (κ3) is 3.07. The van der Waals surface area contributed by atoms with Gasteiger partial charge < -0.3 is 10.2 Å². The number of benzene rings is 1. The quantitative estimate of drug-likeness (QED) is 0.857. The van der Waals surface area contributed by atoms with E-state index in [0.717, 1.165) is 19.4 Å². The van der Waals surface area contributed by atoms with E-state index >= 15 is 0 Å². The number of carbonyl (C=O) groups is 1. The van der Waals surface area contributed by atoms with Gasteiger partial charge in [0.15, 0.2) is 0 Å². The molecule has 3 nitrogen and oxygen atoms in total. The fourth-order valence-electron chi connectivity index (χ4n) is 2.30. The lowest BCUT2D eigenvalue weighted by Crippen LogP contribution is -2.29. The average Bonchev–Trinajstić information content (AvgIpc) is 2.70. The normalized spacial score (nSPS) is 18.2. The van der Waals surface area contributed by atoms with Crippen LogP contribution in [0.5, 0.6) is 0 Å². The van der Waals surface area contributed by atoms with Crippen LogP contribution in [0.25, 0.3) is 0 Å². The van der Waals surface area contributed by atoms with Crippen LogP contribution in [-0.4, -0.2) is 31.4 Å². The Morgan fingerprint density at radius 1 is 1.41 bits per heavy atom. The van der Waals surface area contributed by atoms with E-state index in [1.807, 2.05) is 25.1 Å². The molecule has 17 heavy (non-hydrogen) atoms. The van der Waals surface area contributed by atoms with Crippen LogP contribution in [0.1, 0.15) is 30.0 Å². The molecule has 1 aromatic carbocycles. The molecule has 0 spiro atoms. The second kappa shape index (κ2) is 5.32. The van der Waals surface area contributed by atoms with E-state index in [0.29, 0.717) is 6.42 Å². The number of carbonyl (C=O) groups excluding carboxylic acids is 1. The van der Waals surface area contributed by atoms with Gasteiger partial charge in [0.2, 0.25) is 5.91 Å². The third-order valence-corrected chi connectivity index (χ3v) is 3.25. The number of hydrogen-bond acceptors (Lipinski definition) is 2. The summed E-state index contributed by atoms with van der Waals surface area (Å²) >= 11 is 0. The van der Waals surface area contributed by atoms with Crippen molar-refractivity contribution < 1.29 is 4.79 Å². The van der Waals surface area contributed by atoms with Gasteiger partial charge >= 0.3 is 0 Å². The zero-order chi connectivity index (χ0) is 12.3. The summed E-state index contributed by atoms with van der Waals surface area (Å²) in [5, 5.41) is 3.12. The molecule has 0 saturated carbocycles. The minimum atomic E-state index is 0.153. The Bertz CT molecular complexity index is 401. The first-order valence-corrected chi connectivity index (χ1v) is 6.18. The van der Waals surface area contributed by atoms with Gasteiger partial charge in [-0.1, -0.05) is 24.3 Å². The molecule has 0 aromatic heterocycles. The van der Waals surface area contributed by atoms with Crippen LogP contribution in [0.4, 0.5) is 0 Å². The highest BCUT2D eigenvalue weighted by molar-refractivity contribution is 5.76. The van der Waals surface area contributed by atoms with Gasteiger partial charge in [-0.3, -0.25) is 4.79 Å². The number of fused-ring (bicyclic) bond motifs is 1. The second-order valence-corrected chi connectivity index (χ2v) is 4.91. The van der Waals surface area contributed by atoms with Crippen molar-refractivity contribution in [2.45, 2.75) is 25.3 Å². The summed E-state index contributed by atoms with van der Waals surface area (Å²) < 4.78 is 0. The Labute approximate surface area is 103 Å².